The Morgan fingerprint density at radius 3 is 2.52 bits per heavy atom. The predicted octanol–water partition coefficient (Wildman–Crippen LogP) is 3.58. The lowest BCUT2D eigenvalue weighted by Crippen LogP contribution is -2.36. The Morgan fingerprint density at radius 2 is 1.85 bits per heavy atom. The molecule has 0 spiro atoms. The summed E-state index contributed by atoms with van der Waals surface area (Å²) in [6.45, 7) is 4.04. The maximum atomic E-state index is 4.78. The van der Waals surface area contributed by atoms with Crippen LogP contribution in [0.25, 0.3) is 0 Å². The molecule has 0 radical (unpaired) electrons. The Labute approximate surface area is 161 Å². The minimum atomic E-state index is 0.0967. The fourth-order valence-electron chi connectivity index (χ4n) is 3.76. The second kappa shape index (κ2) is 7.53. The van der Waals surface area contributed by atoms with E-state index in [9.17, 15) is 0 Å². The smallest absolute Gasteiger partial charge is 0.0971 e. The fraction of sp³-hybridized carbons (Fsp3) is 0.364. The lowest BCUT2D eigenvalue weighted by molar-refractivity contribution is 0.197. The number of aryl methyl sites for hydroxylation is 1. The van der Waals surface area contributed by atoms with E-state index in [-0.39, 0.29) is 6.04 Å². The molecule has 140 valence electrons. The average molecular weight is 361 g/mol. The standard InChI is InChI=1S/C22H27N5/c1-4-16-7-10-20(23-13-16)22-21-19(24-15-25-21)11-12-27(22)14-17-5-8-18(9-6-17)26(2)3/h5-10,13,15,22H,4,11-12,14H2,1-3H3,(H,24,25). The van der Waals surface area contributed by atoms with Crippen LogP contribution in [0.3, 0.4) is 0 Å². The van der Waals surface area contributed by atoms with Crippen molar-refractivity contribution in [1.29, 1.82) is 0 Å². The number of hydrogen-bond acceptors (Lipinski definition) is 4. The zero-order valence-corrected chi connectivity index (χ0v) is 16.3. The molecule has 3 aromatic rings. The first kappa shape index (κ1) is 17.7. The molecule has 1 unspecified atom stereocenters. The molecule has 1 N–H and O–H groups in total. The fourth-order valence-corrected chi connectivity index (χ4v) is 3.76. The molecule has 1 aromatic carbocycles. The van der Waals surface area contributed by atoms with Crippen LogP contribution in [0.1, 0.15) is 41.2 Å². The van der Waals surface area contributed by atoms with E-state index in [2.05, 4.69) is 77.2 Å². The number of rotatable bonds is 5. The van der Waals surface area contributed by atoms with Gasteiger partial charge in [-0.1, -0.05) is 25.1 Å². The molecular formula is C22H27N5. The van der Waals surface area contributed by atoms with Gasteiger partial charge in [0.1, 0.15) is 0 Å². The molecule has 2 aromatic heterocycles. The Morgan fingerprint density at radius 1 is 1.07 bits per heavy atom. The number of aromatic amines is 1. The summed E-state index contributed by atoms with van der Waals surface area (Å²) >= 11 is 0. The number of nitrogens with zero attached hydrogens (tertiary/aromatic N) is 4. The number of aromatic nitrogens is 3. The van der Waals surface area contributed by atoms with Crippen molar-refractivity contribution >= 4 is 5.69 Å². The van der Waals surface area contributed by atoms with Crippen molar-refractivity contribution in [3.05, 3.63) is 77.1 Å². The Hall–Kier alpha value is -2.66. The van der Waals surface area contributed by atoms with Gasteiger partial charge >= 0.3 is 0 Å². The van der Waals surface area contributed by atoms with E-state index in [1.165, 1.54) is 22.5 Å². The Kier molecular flexibility index (Phi) is 4.94. The van der Waals surface area contributed by atoms with Crippen molar-refractivity contribution in [3.8, 4) is 0 Å². The van der Waals surface area contributed by atoms with E-state index in [4.69, 9.17) is 4.98 Å². The Bertz CT molecular complexity index is 880. The summed E-state index contributed by atoms with van der Waals surface area (Å²) < 4.78 is 0. The predicted molar refractivity (Wildman–Crippen MR) is 109 cm³/mol. The van der Waals surface area contributed by atoms with E-state index in [1.807, 2.05) is 12.5 Å². The first-order valence-electron chi connectivity index (χ1n) is 9.63. The summed E-state index contributed by atoms with van der Waals surface area (Å²) in [4.78, 5) is 17.3. The highest BCUT2D eigenvalue weighted by molar-refractivity contribution is 5.46. The van der Waals surface area contributed by atoms with Crippen molar-refractivity contribution in [2.45, 2.75) is 32.4 Å². The number of benzene rings is 1. The number of hydrogen-bond donors (Lipinski definition) is 1. The van der Waals surface area contributed by atoms with Crippen molar-refractivity contribution in [1.82, 2.24) is 19.9 Å². The number of pyridine rings is 1. The highest BCUT2D eigenvalue weighted by atomic mass is 15.2. The molecule has 0 saturated carbocycles. The van der Waals surface area contributed by atoms with Gasteiger partial charge in [-0.2, -0.15) is 0 Å². The van der Waals surface area contributed by atoms with E-state index < -0.39 is 0 Å². The van der Waals surface area contributed by atoms with Gasteiger partial charge in [-0.05, 0) is 35.7 Å². The number of imidazole rings is 1. The number of nitrogens with one attached hydrogen (secondary N) is 1. The summed E-state index contributed by atoms with van der Waals surface area (Å²) in [6.07, 6.45) is 5.82. The molecule has 0 fully saturated rings. The van der Waals surface area contributed by atoms with Gasteiger partial charge in [-0.15, -0.1) is 0 Å². The van der Waals surface area contributed by atoms with Gasteiger partial charge in [0.05, 0.1) is 23.8 Å². The normalized spacial score (nSPS) is 16.9. The third kappa shape index (κ3) is 3.60. The van der Waals surface area contributed by atoms with Crippen LogP contribution in [-0.2, 0) is 19.4 Å². The van der Waals surface area contributed by atoms with Gasteiger partial charge in [0.2, 0.25) is 0 Å². The molecule has 27 heavy (non-hydrogen) atoms. The van der Waals surface area contributed by atoms with E-state index >= 15 is 0 Å². The topological polar surface area (TPSA) is 48.1 Å². The third-order valence-corrected chi connectivity index (χ3v) is 5.40. The van der Waals surface area contributed by atoms with Crippen LogP contribution in [-0.4, -0.2) is 40.5 Å². The molecular weight excluding hydrogens is 334 g/mol. The van der Waals surface area contributed by atoms with Gasteiger partial charge in [0.25, 0.3) is 0 Å². The summed E-state index contributed by atoms with van der Waals surface area (Å²) in [7, 11) is 4.14. The summed E-state index contributed by atoms with van der Waals surface area (Å²) in [5, 5.41) is 0. The largest absolute Gasteiger partial charge is 0.378 e. The van der Waals surface area contributed by atoms with Crippen molar-refractivity contribution in [2.24, 2.45) is 0 Å². The maximum absolute atomic E-state index is 4.78. The first-order valence-corrected chi connectivity index (χ1v) is 9.63. The molecule has 1 aliphatic heterocycles. The number of anilines is 1. The molecule has 0 amide bonds. The summed E-state index contributed by atoms with van der Waals surface area (Å²) in [5.41, 5.74) is 7.23. The molecule has 4 rings (SSSR count). The average Bonchev–Trinajstić information content (AvgIpc) is 3.17. The van der Waals surface area contributed by atoms with Gasteiger partial charge in [0, 0.05) is 51.2 Å². The van der Waals surface area contributed by atoms with Crippen LogP contribution in [0.5, 0.6) is 0 Å². The zero-order valence-electron chi connectivity index (χ0n) is 16.3. The van der Waals surface area contributed by atoms with E-state index in [0.29, 0.717) is 0 Å². The summed E-state index contributed by atoms with van der Waals surface area (Å²) in [5.74, 6) is 0. The van der Waals surface area contributed by atoms with E-state index in [1.54, 1.807) is 0 Å². The minimum absolute atomic E-state index is 0.0967. The minimum Gasteiger partial charge on any atom is -0.378 e. The first-order chi connectivity index (χ1) is 13.2. The molecule has 1 atom stereocenters. The molecule has 0 saturated heterocycles. The third-order valence-electron chi connectivity index (χ3n) is 5.40. The van der Waals surface area contributed by atoms with Gasteiger partial charge in [-0.25, -0.2) is 4.98 Å². The monoisotopic (exact) mass is 361 g/mol. The van der Waals surface area contributed by atoms with E-state index in [0.717, 1.165) is 37.3 Å². The van der Waals surface area contributed by atoms with Crippen molar-refractivity contribution in [3.63, 3.8) is 0 Å². The Balaban J connectivity index is 1.63. The quantitative estimate of drug-likeness (QED) is 0.755. The molecule has 3 heterocycles. The van der Waals surface area contributed by atoms with Gasteiger partial charge in [-0.3, -0.25) is 9.88 Å². The second-order valence-corrected chi connectivity index (χ2v) is 7.40. The highest BCUT2D eigenvalue weighted by Gasteiger charge is 2.31. The number of fused-ring (bicyclic) bond motifs is 1. The maximum Gasteiger partial charge on any atom is 0.0971 e. The molecule has 5 heteroatoms. The van der Waals surface area contributed by atoms with Gasteiger partial charge in [0.15, 0.2) is 0 Å². The number of H-pyrrole nitrogens is 1. The van der Waals surface area contributed by atoms with Crippen molar-refractivity contribution < 1.29 is 0 Å². The molecule has 0 aliphatic carbocycles. The van der Waals surface area contributed by atoms with Crippen LogP contribution in [0.15, 0.2) is 48.9 Å². The van der Waals surface area contributed by atoms with Crippen LogP contribution >= 0.6 is 0 Å². The van der Waals surface area contributed by atoms with Gasteiger partial charge < -0.3 is 9.88 Å². The van der Waals surface area contributed by atoms with Crippen LogP contribution in [0.4, 0.5) is 5.69 Å². The highest BCUT2D eigenvalue weighted by Crippen LogP contribution is 2.33. The lowest BCUT2D eigenvalue weighted by atomic mass is 9.98. The SMILES string of the molecule is CCc1ccc(C2c3nc[nH]c3CCN2Cc2ccc(N(C)C)cc2)nc1. The molecule has 1 aliphatic rings. The van der Waals surface area contributed by atoms with Crippen molar-refractivity contribution in [2.75, 3.05) is 25.5 Å². The van der Waals surface area contributed by atoms with Crippen LogP contribution < -0.4 is 4.90 Å². The second-order valence-electron chi connectivity index (χ2n) is 7.40. The van der Waals surface area contributed by atoms with Crippen LogP contribution in [0, 0.1) is 0 Å². The summed E-state index contributed by atoms with van der Waals surface area (Å²) in [6, 6.07) is 13.3. The zero-order chi connectivity index (χ0) is 18.8. The lowest BCUT2D eigenvalue weighted by Gasteiger charge is -2.34. The van der Waals surface area contributed by atoms with Crippen LogP contribution in [0.2, 0.25) is 0 Å². The molecule has 5 nitrogen and oxygen atoms in total. The molecule has 0 bridgehead atoms.